The van der Waals surface area contributed by atoms with Crippen LogP contribution in [-0.2, 0) is 4.74 Å². The molecule has 0 fully saturated rings. The minimum absolute atomic E-state index is 0.0730. The molecule has 1 aromatic rings. The van der Waals surface area contributed by atoms with Gasteiger partial charge in [0.05, 0.1) is 0 Å². The zero-order chi connectivity index (χ0) is 9.26. The Balaban J connectivity index is 2.25. The van der Waals surface area contributed by atoms with Gasteiger partial charge in [0, 0.05) is 0 Å². The SMILES string of the molecule is CC1=CC(O)OC1c1ccccc1. The van der Waals surface area contributed by atoms with Crippen LogP contribution in [0.25, 0.3) is 0 Å². The van der Waals surface area contributed by atoms with Crippen LogP contribution in [0.15, 0.2) is 42.0 Å². The Kier molecular flexibility index (Phi) is 2.17. The van der Waals surface area contributed by atoms with Crippen molar-refractivity contribution in [2.24, 2.45) is 0 Å². The molecule has 1 aromatic carbocycles. The zero-order valence-corrected chi connectivity index (χ0v) is 7.47. The normalized spacial score (nSPS) is 27.4. The summed E-state index contributed by atoms with van der Waals surface area (Å²) in [7, 11) is 0. The number of hydrogen-bond acceptors (Lipinski definition) is 2. The van der Waals surface area contributed by atoms with E-state index in [0.717, 1.165) is 11.1 Å². The van der Waals surface area contributed by atoms with Crippen LogP contribution >= 0.6 is 0 Å². The molecule has 2 rings (SSSR count). The van der Waals surface area contributed by atoms with E-state index < -0.39 is 6.29 Å². The largest absolute Gasteiger partial charge is 0.365 e. The highest BCUT2D eigenvalue weighted by Crippen LogP contribution is 2.31. The molecule has 1 heterocycles. The number of aliphatic hydroxyl groups is 1. The smallest absolute Gasteiger partial charge is 0.175 e. The van der Waals surface area contributed by atoms with Crippen LogP contribution in [0.1, 0.15) is 18.6 Å². The van der Waals surface area contributed by atoms with Crippen molar-refractivity contribution < 1.29 is 9.84 Å². The Hall–Kier alpha value is -1.12. The molecule has 1 aliphatic rings. The number of aliphatic hydroxyl groups excluding tert-OH is 1. The molecule has 0 spiro atoms. The highest BCUT2D eigenvalue weighted by atomic mass is 16.6. The quantitative estimate of drug-likeness (QED) is 0.663. The molecule has 13 heavy (non-hydrogen) atoms. The molecule has 2 nitrogen and oxygen atoms in total. The molecule has 2 atom stereocenters. The van der Waals surface area contributed by atoms with Gasteiger partial charge >= 0.3 is 0 Å². The van der Waals surface area contributed by atoms with Crippen molar-refractivity contribution in [1.82, 2.24) is 0 Å². The minimum Gasteiger partial charge on any atom is -0.365 e. The summed E-state index contributed by atoms with van der Waals surface area (Å²) < 4.78 is 5.32. The standard InChI is InChI=1S/C11H12O2/c1-8-7-10(12)13-11(8)9-5-3-2-4-6-9/h2-7,10-12H,1H3. The average Bonchev–Trinajstić information content (AvgIpc) is 2.47. The van der Waals surface area contributed by atoms with Gasteiger partial charge in [-0.1, -0.05) is 30.3 Å². The third kappa shape index (κ3) is 1.64. The van der Waals surface area contributed by atoms with Gasteiger partial charge in [-0.2, -0.15) is 0 Å². The first-order valence-electron chi connectivity index (χ1n) is 4.34. The van der Waals surface area contributed by atoms with Crippen LogP contribution in [0.3, 0.4) is 0 Å². The summed E-state index contributed by atoms with van der Waals surface area (Å²) in [4.78, 5) is 0. The van der Waals surface area contributed by atoms with E-state index in [1.807, 2.05) is 37.3 Å². The molecule has 1 N–H and O–H groups in total. The maximum Gasteiger partial charge on any atom is 0.175 e. The number of rotatable bonds is 1. The summed E-state index contributed by atoms with van der Waals surface area (Å²) in [5, 5.41) is 9.23. The lowest BCUT2D eigenvalue weighted by Gasteiger charge is -2.12. The van der Waals surface area contributed by atoms with Crippen LogP contribution in [0.4, 0.5) is 0 Å². The Labute approximate surface area is 77.5 Å². The molecule has 0 saturated carbocycles. The molecule has 0 saturated heterocycles. The Bertz CT molecular complexity index is 316. The lowest BCUT2D eigenvalue weighted by atomic mass is 10.0. The van der Waals surface area contributed by atoms with Crippen molar-refractivity contribution in [1.29, 1.82) is 0 Å². The summed E-state index contributed by atoms with van der Waals surface area (Å²) in [5.41, 5.74) is 2.16. The summed E-state index contributed by atoms with van der Waals surface area (Å²) in [5.74, 6) is 0. The first kappa shape index (κ1) is 8.48. The fourth-order valence-corrected chi connectivity index (χ4v) is 1.57. The highest BCUT2D eigenvalue weighted by Gasteiger charge is 2.23. The predicted molar refractivity (Wildman–Crippen MR) is 50.0 cm³/mol. The molecular weight excluding hydrogens is 164 g/mol. The second-order valence-electron chi connectivity index (χ2n) is 3.23. The van der Waals surface area contributed by atoms with E-state index in [4.69, 9.17) is 4.74 Å². The maximum atomic E-state index is 9.23. The van der Waals surface area contributed by atoms with Gasteiger partial charge in [-0.25, -0.2) is 0 Å². The van der Waals surface area contributed by atoms with Gasteiger partial charge in [-0.3, -0.25) is 0 Å². The molecule has 0 amide bonds. The van der Waals surface area contributed by atoms with E-state index >= 15 is 0 Å². The van der Waals surface area contributed by atoms with Crippen molar-refractivity contribution in [2.75, 3.05) is 0 Å². The molecule has 68 valence electrons. The maximum absolute atomic E-state index is 9.23. The Morgan fingerprint density at radius 2 is 1.92 bits per heavy atom. The van der Waals surface area contributed by atoms with Gasteiger partial charge in [0.15, 0.2) is 6.29 Å². The molecule has 0 radical (unpaired) electrons. The third-order valence-electron chi connectivity index (χ3n) is 2.20. The molecule has 0 bridgehead atoms. The third-order valence-corrected chi connectivity index (χ3v) is 2.20. The highest BCUT2D eigenvalue weighted by molar-refractivity contribution is 5.27. The fourth-order valence-electron chi connectivity index (χ4n) is 1.57. The molecule has 2 heteroatoms. The van der Waals surface area contributed by atoms with Gasteiger partial charge < -0.3 is 9.84 Å². The zero-order valence-electron chi connectivity index (χ0n) is 7.47. The molecular formula is C11H12O2. The van der Waals surface area contributed by atoms with Crippen molar-refractivity contribution in [2.45, 2.75) is 19.3 Å². The predicted octanol–water partition coefficient (Wildman–Crippen LogP) is 2.02. The Morgan fingerprint density at radius 1 is 1.23 bits per heavy atom. The fraction of sp³-hybridized carbons (Fsp3) is 0.273. The van der Waals surface area contributed by atoms with Crippen LogP contribution in [0.2, 0.25) is 0 Å². The first-order valence-corrected chi connectivity index (χ1v) is 4.34. The number of ether oxygens (including phenoxy) is 1. The van der Waals surface area contributed by atoms with Crippen LogP contribution < -0.4 is 0 Å². The second kappa shape index (κ2) is 3.32. The minimum atomic E-state index is -0.745. The van der Waals surface area contributed by atoms with E-state index in [1.165, 1.54) is 0 Å². The van der Waals surface area contributed by atoms with Crippen LogP contribution in [-0.4, -0.2) is 11.4 Å². The van der Waals surface area contributed by atoms with Crippen molar-refractivity contribution in [3.05, 3.63) is 47.5 Å². The summed E-state index contributed by atoms with van der Waals surface area (Å²) in [6.45, 7) is 1.97. The van der Waals surface area contributed by atoms with E-state index in [9.17, 15) is 5.11 Å². The summed E-state index contributed by atoms with van der Waals surface area (Å²) in [6, 6.07) is 9.90. The van der Waals surface area contributed by atoms with Gasteiger partial charge in [-0.15, -0.1) is 0 Å². The van der Waals surface area contributed by atoms with Gasteiger partial charge in [0.2, 0.25) is 0 Å². The van der Waals surface area contributed by atoms with E-state index in [1.54, 1.807) is 6.08 Å². The van der Waals surface area contributed by atoms with Crippen molar-refractivity contribution in [3.63, 3.8) is 0 Å². The lowest BCUT2D eigenvalue weighted by Crippen LogP contribution is -2.05. The van der Waals surface area contributed by atoms with Crippen LogP contribution in [0.5, 0.6) is 0 Å². The van der Waals surface area contributed by atoms with E-state index in [2.05, 4.69) is 0 Å². The average molecular weight is 176 g/mol. The monoisotopic (exact) mass is 176 g/mol. The van der Waals surface area contributed by atoms with Crippen molar-refractivity contribution in [3.8, 4) is 0 Å². The summed E-state index contributed by atoms with van der Waals surface area (Å²) in [6.07, 6.45) is 0.916. The summed E-state index contributed by atoms with van der Waals surface area (Å²) >= 11 is 0. The van der Waals surface area contributed by atoms with E-state index in [-0.39, 0.29) is 6.10 Å². The van der Waals surface area contributed by atoms with Crippen LogP contribution in [0, 0.1) is 0 Å². The topological polar surface area (TPSA) is 29.5 Å². The molecule has 1 aliphatic heterocycles. The van der Waals surface area contributed by atoms with Gasteiger partial charge in [0.1, 0.15) is 6.10 Å². The van der Waals surface area contributed by atoms with E-state index in [0.29, 0.717) is 0 Å². The van der Waals surface area contributed by atoms with Gasteiger partial charge in [0.25, 0.3) is 0 Å². The van der Waals surface area contributed by atoms with Gasteiger partial charge in [-0.05, 0) is 24.1 Å². The molecule has 0 aliphatic carbocycles. The molecule has 0 aromatic heterocycles. The number of benzene rings is 1. The first-order chi connectivity index (χ1) is 6.27. The Morgan fingerprint density at radius 3 is 2.46 bits per heavy atom. The second-order valence-corrected chi connectivity index (χ2v) is 3.23. The number of hydrogen-bond donors (Lipinski definition) is 1. The van der Waals surface area contributed by atoms with Crippen molar-refractivity contribution >= 4 is 0 Å². The molecule has 2 unspecified atom stereocenters. The lowest BCUT2D eigenvalue weighted by molar-refractivity contribution is -0.0764.